The molecule has 0 radical (unpaired) electrons. The summed E-state index contributed by atoms with van der Waals surface area (Å²) in [5, 5.41) is 17.6. The summed E-state index contributed by atoms with van der Waals surface area (Å²) in [7, 11) is 0. The number of piperidine rings is 1. The van der Waals surface area contributed by atoms with E-state index in [0.29, 0.717) is 38.3 Å². The second-order valence-electron chi connectivity index (χ2n) is 7.37. The van der Waals surface area contributed by atoms with Crippen LogP contribution < -0.4 is 0 Å². The molecular formula is C20H25N3O2. The van der Waals surface area contributed by atoms with Gasteiger partial charge in [0.2, 0.25) is 5.91 Å². The molecule has 5 heteroatoms. The maximum atomic E-state index is 12.8. The van der Waals surface area contributed by atoms with Crippen LogP contribution in [-0.4, -0.2) is 39.2 Å². The average Bonchev–Trinajstić information content (AvgIpc) is 3.18. The molecule has 1 amide bonds. The van der Waals surface area contributed by atoms with Crippen molar-refractivity contribution in [3.05, 3.63) is 53.3 Å². The summed E-state index contributed by atoms with van der Waals surface area (Å²) in [6, 6.07) is 10.4. The normalized spacial score (nSPS) is 22.4. The quantitative estimate of drug-likeness (QED) is 0.903. The number of benzene rings is 1. The van der Waals surface area contributed by atoms with Gasteiger partial charge in [0, 0.05) is 25.7 Å². The van der Waals surface area contributed by atoms with E-state index in [1.54, 1.807) is 6.20 Å². The SMILES string of the molecule is O=C(CC1CCCc2ccccc21)N1CCC(O)(c2ccn[nH]2)CC1. The number of nitrogens with one attached hydrogen (secondary N) is 1. The van der Waals surface area contributed by atoms with Crippen LogP contribution in [0.3, 0.4) is 0 Å². The van der Waals surface area contributed by atoms with Crippen molar-refractivity contribution >= 4 is 5.91 Å². The monoisotopic (exact) mass is 339 g/mol. The molecule has 4 rings (SSSR count). The number of aromatic nitrogens is 2. The molecule has 1 fully saturated rings. The van der Waals surface area contributed by atoms with Crippen LogP contribution in [0, 0.1) is 0 Å². The molecule has 1 unspecified atom stereocenters. The van der Waals surface area contributed by atoms with Crippen LogP contribution in [0.5, 0.6) is 0 Å². The van der Waals surface area contributed by atoms with Gasteiger partial charge in [-0.15, -0.1) is 0 Å². The molecule has 1 aromatic heterocycles. The minimum Gasteiger partial charge on any atom is -0.383 e. The van der Waals surface area contributed by atoms with Crippen LogP contribution in [0.25, 0.3) is 0 Å². The van der Waals surface area contributed by atoms with E-state index in [1.807, 2.05) is 11.0 Å². The lowest BCUT2D eigenvalue weighted by Crippen LogP contribution is -2.45. The zero-order valence-electron chi connectivity index (χ0n) is 14.4. The number of likely N-dealkylation sites (tertiary alicyclic amines) is 1. The predicted octanol–water partition coefficient (Wildman–Crippen LogP) is 2.73. The lowest BCUT2D eigenvalue weighted by atomic mass is 9.80. The number of rotatable bonds is 3. The first kappa shape index (κ1) is 16.3. The minimum absolute atomic E-state index is 0.216. The molecule has 132 valence electrons. The Kier molecular flexibility index (Phi) is 4.34. The Bertz CT molecular complexity index is 733. The molecule has 2 heterocycles. The number of H-pyrrole nitrogens is 1. The van der Waals surface area contributed by atoms with Crippen molar-refractivity contribution < 1.29 is 9.90 Å². The number of fused-ring (bicyclic) bond motifs is 1. The van der Waals surface area contributed by atoms with Gasteiger partial charge in [-0.05, 0) is 55.2 Å². The van der Waals surface area contributed by atoms with Crippen molar-refractivity contribution in [2.75, 3.05) is 13.1 Å². The minimum atomic E-state index is -0.884. The summed E-state index contributed by atoms with van der Waals surface area (Å²) in [5.74, 6) is 0.555. The summed E-state index contributed by atoms with van der Waals surface area (Å²) in [6.07, 6.45) is 6.74. The number of hydrogen-bond donors (Lipinski definition) is 2. The van der Waals surface area contributed by atoms with Gasteiger partial charge in [0.25, 0.3) is 0 Å². The number of carbonyl (C=O) groups excluding carboxylic acids is 1. The van der Waals surface area contributed by atoms with Crippen LogP contribution in [-0.2, 0) is 16.8 Å². The molecule has 2 aliphatic rings. The van der Waals surface area contributed by atoms with Gasteiger partial charge < -0.3 is 10.0 Å². The predicted molar refractivity (Wildman–Crippen MR) is 95.0 cm³/mol. The number of aromatic amines is 1. The fraction of sp³-hybridized carbons (Fsp3) is 0.500. The van der Waals surface area contributed by atoms with Crippen molar-refractivity contribution in [2.45, 2.75) is 50.0 Å². The fourth-order valence-electron chi connectivity index (χ4n) is 4.32. The van der Waals surface area contributed by atoms with Gasteiger partial charge in [-0.1, -0.05) is 24.3 Å². The molecule has 2 N–H and O–H groups in total. The Morgan fingerprint density at radius 3 is 2.84 bits per heavy atom. The van der Waals surface area contributed by atoms with Crippen LogP contribution >= 0.6 is 0 Å². The topological polar surface area (TPSA) is 69.2 Å². The highest BCUT2D eigenvalue weighted by Crippen LogP contribution is 2.36. The zero-order chi connectivity index (χ0) is 17.3. The second kappa shape index (κ2) is 6.64. The molecule has 2 aromatic rings. The van der Waals surface area contributed by atoms with Crippen molar-refractivity contribution in [2.24, 2.45) is 0 Å². The van der Waals surface area contributed by atoms with E-state index in [0.717, 1.165) is 25.0 Å². The Morgan fingerprint density at radius 2 is 2.08 bits per heavy atom. The highest BCUT2D eigenvalue weighted by atomic mass is 16.3. The summed E-state index contributed by atoms with van der Waals surface area (Å²) in [5.41, 5.74) is 2.62. The van der Waals surface area contributed by atoms with E-state index in [4.69, 9.17) is 0 Å². The van der Waals surface area contributed by atoms with E-state index < -0.39 is 5.60 Å². The van der Waals surface area contributed by atoms with Gasteiger partial charge in [0.05, 0.1) is 5.69 Å². The zero-order valence-corrected chi connectivity index (χ0v) is 14.4. The second-order valence-corrected chi connectivity index (χ2v) is 7.37. The van der Waals surface area contributed by atoms with Crippen LogP contribution in [0.15, 0.2) is 36.5 Å². The first-order valence-corrected chi connectivity index (χ1v) is 9.23. The first-order chi connectivity index (χ1) is 12.2. The largest absolute Gasteiger partial charge is 0.383 e. The standard InChI is InChI=1S/C20H25N3O2/c24-19(14-16-6-3-5-15-4-1-2-7-17(15)16)23-12-9-20(25,10-13-23)18-8-11-21-22-18/h1-2,4,7-8,11,16,25H,3,5-6,9-10,12-14H2,(H,21,22). The average molecular weight is 339 g/mol. The van der Waals surface area contributed by atoms with Gasteiger partial charge in [-0.25, -0.2) is 0 Å². The fourth-order valence-corrected chi connectivity index (χ4v) is 4.32. The third-order valence-corrected chi connectivity index (χ3v) is 5.86. The van der Waals surface area contributed by atoms with Crippen LogP contribution in [0.4, 0.5) is 0 Å². The molecule has 1 aliphatic carbocycles. The molecule has 0 spiro atoms. The molecule has 1 atom stereocenters. The molecule has 0 saturated carbocycles. The van der Waals surface area contributed by atoms with Gasteiger partial charge in [-0.3, -0.25) is 9.89 Å². The van der Waals surface area contributed by atoms with Crippen molar-refractivity contribution in [3.63, 3.8) is 0 Å². The third kappa shape index (κ3) is 3.21. The molecule has 5 nitrogen and oxygen atoms in total. The summed E-state index contributed by atoms with van der Waals surface area (Å²) in [4.78, 5) is 14.7. The Hall–Kier alpha value is -2.14. The van der Waals surface area contributed by atoms with E-state index in [9.17, 15) is 9.90 Å². The number of aryl methyl sites for hydroxylation is 1. The maximum Gasteiger partial charge on any atom is 0.223 e. The Morgan fingerprint density at radius 1 is 1.28 bits per heavy atom. The molecular weight excluding hydrogens is 314 g/mol. The molecule has 1 aromatic carbocycles. The van der Waals surface area contributed by atoms with E-state index in [2.05, 4.69) is 34.5 Å². The number of carbonyl (C=O) groups is 1. The van der Waals surface area contributed by atoms with Gasteiger partial charge in [0.15, 0.2) is 0 Å². The van der Waals surface area contributed by atoms with Crippen molar-refractivity contribution in [3.8, 4) is 0 Å². The highest BCUT2D eigenvalue weighted by molar-refractivity contribution is 5.77. The van der Waals surface area contributed by atoms with Gasteiger partial charge >= 0.3 is 0 Å². The highest BCUT2D eigenvalue weighted by Gasteiger charge is 2.37. The van der Waals surface area contributed by atoms with E-state index in [-0.39, 0.29) is 5.91 Å². The maximum absolute atomic E-state index is 12.8. The molecule has 0 bridgehead atoms. The third-order valence-electron chi connectivity index (χ3n) is 5.86. The lowest BCUT2D eigenvalue weighted by Gasteiger charge is -2.38. The summed E-state index contributed by atoms with van der Waals surface area (Å²) >= 11 is 0. The first-order valence-electron chi connectivity index (χ1n) is 9.23. The number of amides is 1. The smallest absolute Gasteiger partial charge is 0.223 e. The van der Waals surface area contributed by atoms with Gasteiger partial charge in [-0.2, -0.15) is 5.10 Å². The van der Waals surface area contributed by atoms with Crippen molar-refractivity contribution in [1.29, 1.82) is 0 Å². The molecule has 25 heavy (non-hydrogen) atoms. The molecule has 1 saturated heterocycles. The van der Waals surface area contributed by atoms with Gasteiger partial charge in [0.1, 0.15) is 5.60 Å². The van der Waals surface area contributed by atoms with E-state index >= 15 is 0 Å². The van der Waals surface area contributed by atoms with Crippen LogP contribution in [0.2, 0.25) is 0 Å². The number of nitrogens with zero attached hydrogens (tertiary/aromatic N) is 2. The van der Waals surface area contributed by atoms with E-state index in [1.165, 1.54) is 11.1 Å². The Balaban J connectivity index is 1.39. The van der Waals surface area contributed by atoms with Crippen LogP contribution in [0.1, 0.15) is 54.8 Å². The lowest BCUT2D eigenvalue weighted by molar-refractivity contribution is -0.136. The number of hydrogen-bond acceptors (Lipinski definition) is 3. The number of aliphatic hydroxyl groups is 1. The summed E-state index contributed by atoms with van der Waals surface area (Å²) in [6.45, 7) is 1.20. The molecule has 1 aliphatic heterocycles. The van der Waals surface area contributed by atoms with Crippen molar-refractivity contribution in [1.82, 2.24) is 15.1 Å². The Labute approximate surface area is 148 Å². The summed E-state index contributed by atoms with van der Waals surface area (Å²) < 4.78 is 0.